The summed E-state index contributed by atoms with van der Waals surface area (Å²) in [6.45, 7) is 5.28. The molecule has 1 aromatic heterocycles. The zero-order chi connectivity index (χ0) is 15.8. The van der Waals surface area contributed by atoms with Gasteiger partial charge in [-0.25, -0.2) is 4.98 Å². The van der Waals surface area contributed by atoms with E-state index in [9.17, 15) is 18.0 Å². The van der Waals surface area contributed by atoms with Gasteiger partial charge in [-0.15, -0.1) is 0 Å². The lowest BCUT2D eigenvalue weighted by Crippen LogP contribution is -2.40. The van der Waals surface area contributed by atoms with Crippen LogP contribution in [0.4, 0.5) is 19.0 Å². The standard InChI is InChI=1S/C14H18F3N3O/c1-8-5-6-20(7-9(8)2)13-10(12(18)21)3-4-11(19-13)14(15,16)17/h3-4,8-9H,5-7H2,1-2H3,(H2,18,21). The molecule has 0 aromatic carbocycles. The maximum atomic E-state index is 12.8. The smallest absolute Gasteiger partial charge is 0.365 e. The van der Waals surface area contributed by atoms with E-state index in [1.165, 1.54) is 0 Å². The predicted molar refractivity (Wildman–Crippen MR) is 72.9 cm³/mol. The van der Waals surface area contributed by atoms with Crippen LogP contribution in [0.3, 0.4) is 0 Å². The molecule has 2 heterocycles. The highest BCUT2D eigenvalue weighted by Crippen LogP contribution is 2.32. The molecule has 0 aliphatic carbocycles. The first-order valence-corrected chi connectivity index (χ1v) is 6.83. The number of amides is 1. The second-order valence-electron chi connectivity index (χ2n) is 5.62. The monoisotopic (exact) mass is 301 g/mol. The van der Waals surface area contributed by atoms with Gasteiger partial charge in [-0.05, 0) is 30.4 Å². The summed E-state index contributed by atoms with van der Waals surface area (Å²) in [5.41, 5.74) is 4.28. The lowest BCUT2D eigenvalue weighted by atomic mass is 9.88. The number of rotatable bonds is 2. The van der Waals surface area contributed by atoms with Gasteiger partial charge in [0.25, 0.3) is 5.91 Å². The number of aromatic nitrogens is 1. The summed E-state index contributed by atoms with van der Waals surface area (Å²) in [6.07, 6.45) is -3.70. The Hall–Kier alpha value is -1.79. The minimum absolute atomic E-state index is 0.0322. The van der Waals surface area contributed by atoms with E-state index in [1.54, 1.807) is 4.90 Å². The summed E-state index contributed by atoms with van der Waals surface area (Å²) in [6, 6.07) is 1.90. The molecule has 1 aliphatic rings. The normalized spacial score (nSPS) is 23.2. The molecular formula is C14H18F3N3O. The second-order valence-corrected chi connectivity index (χ2v) is 5.62. The average Bonchev–Trinajstić information content (AvgIpc) is 2.40. The number of hydrogen-bond acceptors (Lipinski definition) is 3. The van der Waals surface area contributed by atoms with E-state index in [2.05, 4.69) is 11.9 Å². The van der Waals surface area contributed by atoms with Gasteiger partial charge in [-0.1, -0.05) is 13.8 Å². The first-order chi connectivity index (χ1) is 9.70. The van der Waals surface area contributed by atoms with Crippen molar-refractivity contribution in [3.63, 3.8) is 0 Å². The molecule has 1 saturated heterocycles. The minimum Gasteiger partial charge on any atom is -0.365 e. The molecule has 0 bridgehead atoms. The number of pyridine rings is 1. The number of hydrogen-bond donors (Lipinski definition) is 1. The zero-order valence-corrected chi connectivity index (χ0v) is 11.9. The summed E-state index contributed by atoms with van der Waals surface area (Å²) in [4.78, 5) is 16.8. The van der Waals surface area contributed by atoms with E-state index >= 15 is 0 Å². The van der Waals surface area contributed by atoms with Crippen LogP contribution >= 0.6 is 0 Å². The van der Waals surface area contributed by atoms with Gasteiger partial charge in [0, 0.05) is 13.1 Å². The quantitative estimate of drug-likeness (QED) is 0.913. The number of carbonyl (C=O) groups is 1. The number of piperidine rings is 1. The van der Waals surface area contributed by atoms with Crippen LogP contribution in [0, 0.1) is 11.8 Å². The molecule has 7 heteroatoms. The Bertz CT molecular complexity index is 545. The summed E-state index contributed by atoms with van der Waals surface area (Å²) in [5, 5.41) is 0. The van der Waals surface area contributed by atoms with Gasteiger partial charge in [0.1, 0.15) is 11.5 Å². The van der Waals surface area contributed by atoms with Crippen LogP contribution in [0.1, 0.15) is 36.3 Å². The van der Waals surface area contributed by atoms with Crippen LogP contribution in [0.25, 0.3) is 0 Å². The van der Waals surface area contributed by atoms with Gasteiger partial charge in [-0.2, -0.15) is 13.2 Å². The number of nitrogens with zero attached hydrogens (tertiary/aromatic N) is 2. The predicted octanol–water partition coefficient (Wildman–Crippen LogP) is 2.68. The maximum Gasteiger partial charge on any atom is 0.433 e. The van der Waals surface area contributed by atoms with E-state index in [0.717, 1.165) is 18.6 Å². The molecule has 116 valence electrons. The molecule has 1 amide bonds. The molecule has 1 aromatic rings. The number of primary amides is 1. The van der Waals surface area contributed by atoms with Crippen molar-refractivity contribution in [2.45, 2.75) is 26.4 Å². The number of carbonyl (C=O) groups excluding carboxylic acids is 1. The van der Waals surface area contributed by atoms with Crippen LogP contribution in [0.2, 0.25) is 0 Å². The Labute approximate surface area is 121 Å². The highest BCUT2D eigenvalue weighted by atomic mass is 19.4. The molecule has 1 fully saturated rings. The molecule has 0 radical (unpaired) electrons. The molecule has 2 rings (SSSR count). The third-order valence-corrected chi connectivity index (χ3v) is 4.06. The van der Waals surface area contributed by atoms with Gasteiger partial charge in [0.2, 0.25) is 0 Å². The fourth-order valence-corrected chi connectivity index (χ4v) is 2.49. The van der Waals surface area contributed by atoms with Crippen molar-refractivity contribution < 1.29 is 18.0 Å². The SMILES string of the molecule is CC1CCN(c2nc(C(F)(F)F)ccc2C(N)=O)CC1C. The van der Waals surface area contributed by atoms with Crippen molar-refractivity contribution in [3.05, 3.63) is 23.4 Å². The molecule has 2 unspecified atom stereocenters. The van der Waals surface area contributed by atoms with Crippen molar-refractivity contribution in [2.75, 3.05) is 18.0 Å². The Morgan fingerprint density at radius 3 is 2.52 bits per heavy atom. The maximum absolute atomic E-state index is 12.8. The van der Waals surface area contributed by atoms with Crippen LogP contribution < -0.4 is 10.6 Å². The molecule has 0 saturated carbocycles. The minimum atomic E-state index is -4.54. The van der Waals surface area contributed by atoms with E-state index in [1.807, 2.05) is 6.92 Å². The van der Waals surface area contributed by atoms with Crippen molar-refractivity contribution >= 4 is 11.7 Å². The number of halogens is 3. The van der Waals surface area contributed by atoms with Crippen molar-refractivity contribution in [3.8, 4) is 0 Å². The van der Waals surface area contributed by atoms with Crippen LogP contribution in [-0.4, -0.2) is 24.0 Å². The van der Waals surface area contributed by atoms with E-state index in [0.29, 0.717) is 24.9 Å². The highest BCUT2D eigenvalue weighted by molar-refractivity contribution is 5.97. The number of nitrogens with two attached hydrogens (primary N) is 1. The first kappa shape index (κ1) is 15.6. The second kappa shape index (κ2) is 5.54. The van der Waals surface area contributed by atoms with Crippen LogP contribution in [0.15, 0.2) is 12.1 Å². The topological polar surface area (TPSA) is 59.2 Å². The molecule has 2 atom stereocenters. The third kappa shape index (κ3) is 3.28. The molecule has 1 aliphatic heterocycles. The summed E-state index contributed by atoms with van der Waals surface area (Å²) in [5.74, 6) is 0.0773. The largest absolute Gasteiger partial charge is 0.433 e. The van der Waals surface area contributed by atoms with Crippen molar-refractivity contribution in [1.29, 1.82) is 0 Å². The van der Waals surface area contributed by atoms with Crippen LogP contribution in [0.5, 0.6) is 0 Å². The van der Waals surface area contributed by atoms with Gasteiger partial charge >= 0.3 is 6.18 Å². The van der Waals surface area contributed by atoms with Crippen molar-refractivity contribution in [1.82, 2.24) is 4.98 Å². The van der Waals surface area contributed by atoms with E-state index < -0.39 is 17.8 Å². The fraction of sp³-hybridized carbons (Fsp3) is 0.571. The Balaban J connectivity index is 2.42. The van der Waals surface area contributed by atoms with Crippen molar-refractivity contribution in [2.24, 2.45) is 17.6 Å². The third-order valence-electron chi connectivity index (χ3n) is 4.06. The van der Waals surface area contributed by atoms with E-state index in [-0.39, 0.29) is 11.4 Å². The molecule has 2 N–H and O–H groups in total. The lowest BCUT2D eigenvalue weighted by Gasteiger charge is -2.36. The van der Waals surface area contributed by atoms with Gasteiger partial charge < -0.3 is 10.6 Å². The summed E-state index contributed by atoms with van der Waals surface area (Å²) < 4.78 is 38.4. The van der Waals surface area contributed by atoms with E-state index in [4.69, 9.17) is 5.73 Å². The first-order valence-electron chi connectivity index (χ1n) is 6.83. The number of anilines is 1. The molecule has 21 heavy (non-hydrogen) atoms. The lowest BCUT2D eigenvalue weighted by molar-refractivity contribution is -0.141. The highest BCUT2D eigenvalue weighted by Gasteiger charge is 2.35. The summed E-state index contributed by atoms with van der Waals surface area (Å²) >= 11 is 0. The van der Waals surface area contributed by atoms with Crippen LogP contribution in [-0.2, 0) is 6.18 Å². The average molecular weight is 301 g/mol. The Morgan fingerprint density at radius 1 is 1.33 bits per heavy atom. The van der Waals surface area contributed by atoms with Gasteiger partial charge in [0.05, 0.1) is 5.56 Å². The summed E-state index contributed by atoms with van der Waals surface area (Å²) in [7, 11) is 0. The zero-order valence-electron chi connectivity index (χ0n) is 11.9. The van der Waals surface area contributed by atoms with Gasteiger partial charge in [-0.3, -0.25) is 4.79 Å². The Morgan fingerprint density at radius 2 is 2.00 bits per heavy atom. The fourth-order valence-electron chi connectivity index (χ4n) is 2.49. The van der Waals surface area contributed by atoms with Gasteiger partial charge in [0.15, 0.2) is 0 Å². The molecule has 0 spiro atoms. The Kier molecular flexibility index (Phi) is 4.11. The molecular weight excluding hydrogens is 283 g/mol. The number of alkyl halides is 3. The molecule has 4 nitrogen and oxygen atoms in total.